The molecule has 5 nitrogen and oxygen atoms in total. The zero-order chi connectivity index (χ0) is 15.4. The summed E-state index contributed by atoms with van der Waals surface area (Å²) in [7, 11) is 1.72. The summed E-state index contributed by atoms with van der Waals surface area (Å²) in [4.78, 5) is 20.8. The summed E-state index contributed by atoms with van der Waals surface area (Å²) in [5.41, 5.74) is 1.60. The van der Waals surface area contributed by atoms with Gasteiger partial charge in [-0.1, -0.05) is 0 Å². The first-order valence-electron chi connectivity index (χ1n) is 8.29. The van der Waals surface area contributed by atoms with Crippen LogP contribution >= 0.6 is 0 Å². The molecule has 0 unspecified atom stereocenters. The Kier molecular flexibility index (Phi) is 4.74. The highest BCUT2D eigenvalue weighted by Gasteiger charge is 2.43. The third-order valence-electron chi connectivity index (χ3n) is 5.30. The minimum atomic E-state index is 0.139. The minimum absolute atomic E-state index is 0.139. The average molecular weight is 302 g/mol. The van der Waals surface area contributed by atoms with Gasteiger partial charge in [-0.25, -0.2) is 0 Å². The van der Waals surface area contributed by atoms with Gasteiger partial charge >= 0.3 is 0 Å². The fourth-order valence-corrected chi connectivity index (χ4v) is 3.93. The van der Waals surface area contributed by atoms with Gasteiger partial charge in [0, 0.05) is 44.6 Å². The van der Waals surface area contributed by atoms with E-state index in [-0.39, 0.29) is 11.4 Å². The first-order chi connectivity index (χ1) is 10.7. The number of likely N-dealkylation sites (tertiary alicyclic amines) is 2. The number of hydrogen-bond acceptors (Lipinski definition) is 4. The smallest absolute Gasteiger partial charge is 0.233 e. The maximum absolute atomic E-state index is 11.7. The van der Waals surface area contributed by atoms with Crippen LogP contribution in [0, 0.1) is 0 Å². The Bertz CT molecular complexity index is 497. The van der Waals surface area contributed by atoms with Gasteiger partial charge in [-0.15, -0.1) is 0 Å². The number of piperidine rings is 1. The molecule has 2 saturated heterocycles. The van der Waals surface area contributed by atoms with Crippen molar-refractivity contribution in [3.8, 4) is 0 Å². The second-order valence-electron chi connectivity index (χ2n) is 6.55. The van der Waals surface area contributed by atoms with E-state index in [2.05, 4.69) is 32.2 Å². The lowest BCUT2D eigenvalue weighted by Gasteiger charge is -2.45. The average Bonchev–Trinajstić information content (AvgIpc) is 2.93. The first-order valence-corrected chi connectivity index (χ1v) is 8.29. The fourth-order valence-electron chi connectivity index (χ4n) is 3.93. The standard InChI is InChI=1S/C17H26N4O/c1-18-16(22)14-21-10-2-5-17(21)6-11-20(12-7-17)13-15-3-8-19-9-4-15/h3-4,8-9H,2,5-7,10-14H2,1H3,(H,18,22). The number of likely N-dealkylation sites (N-methyl/N-ethyl adjacent to an activating group) is 1. The van der Waals surface area contributed by atoms with E-state index in [4.69, 9.17) is 0 Å². The predicted molar refractivity (Wildman–Crippen MR) is 86.4 cm³/mol. The number of carbonyl (C=O) groups excluding carboxylic acids is 1. The lowest BCUT2D eigenvalue weighted by Crippen LogP contribution is -2.54. The highest BCUT2D eigenvalue weighted by Crippen LogP contribution is 2.38. The summed E-state index contributed by atoms with van der Waals surface area (Å²) in [5.74, 6) is 0.139. The van der Waals surface area contributed by atoms with Crippen molar-refractivity contribution in [3.05, 3.63) is 30.1 Å². The number of amides is 1. The van der Waals surface area contributed by atoms with Crippen molar-refractivity contribution in [2.45, 2.75) is 37.8 Å². The van der Waals surface area contributed by atoms with Crippen molar-refractivity contribution in [3.63, 3.8) is 0 Å². The van der Waals surface area contributed by atoms with E-state index in [1.165, 1.54) is 31.2 Å². The van der Waals surface area contributed by atoms with Crippen LogP contribution in [0.5, 0.6) is 0 Å². The van der Waals surface area contributed by atoms with Gasteiger partial charge in [0.15, 0.2) is 0 Å². The second kappa shape index (κ2) is 6.75. The third kappa shape index (κ3) is 3.31. The zero-order valence-electron chi connectivity index (χ0n) is 13.4. The summed E-state index contributed by atoms with van der Waals surface area (Å²) in [6.45, 7) is 4.87. The molecule has 1 amide bonds. The quantitative estimate of drug-likeness (QED) is 0.909. The highest BCUT2D eigenvalue weighted by molar-refractivity contribution is 5.77. The predicted octanol–water partition coefficient (Wildman–Crippen LogP) is 1.26. The van der Waals surface area contributed by atoms with E-state index in [1.807, 2.05) is 12.4 Å². The Balaban J connectivity index is 1.57. The van der Waals surface area contributed by atoms with Gasteiger partial charge in [-0.2, -0.15) is 0 Å². The molecule has 3 heterocycles. The molecule has 1 aromatic rings. The van der Waals surface area contributed by atoms with E-state index >= 15 is 0 Å². The molecule has 2 aliphatic heterocycles. The SMILES string of the molecule is CNC(=O)CN1CCCC12CCN(Cc1ccncc1)CC2. The van der Waals surface area contributed by atoms with Crippen molar-refractivity contribution >= 4 is 5.91 Å². The number of pyridine rings is 1. The van der Waals surface area contributed by atoms with Crippen LogP contribution in [0.2, 0.25) is 0 Å². The summed E-state index contributed by atoms with van der Waals surface area (Å²) in [5, 5.41) is 2.76. The van der Waals surface area contributed by atoms with Gasteiger partial charge in [0.25, 0.3) is 0 Å². The van der Waals surface area contributed by atoms with E-state index in [0.29, 0.717) is 6.54 Å². The van der Waals surface area contributed by atoms with Gasteiger partial charge in [-0.3, -0.25) is 19.6 Å². The van der Waals surface area contributed by atoms with Crippen molar-refractivity contribution in [2.24, 2.45) is 0 Å². The highest BCUT2D eigenvalue weighted by atomic mass is 16.1. The van der Waals surface area contributed by atoms with Crippen LogP contribution in [-0.4, -0.2) is 59.5 Å². The number of nitrogens with zero attached hydrogens (tertiary/aromatic N) is 3. The Hall–Kier alpha value is -1.46. The Labute approximate surface area is 132 Å². The molecular formula is C17H26N4O. The first kappa shape index (κ1) is 15.4. The zero-order valence-corrected chi connectivity index (χ0v) is 13.4. The number of aromatic nitrogens is 1. The van der Waals surface area contributed by atoms with E-state index in [0.717, 1.165) is 26.2 Å². The maximum atomic E-state index is 11.7. The van der Waals surface area contributed by atoms with Crippen molar-refractivity contribution in [2.75, 3.05) is 33.2 Å². The lowest BCUT2D eigenvalue weighted by atomic mass is 9.84. The lowest BCUT2D eigenvalue weighted by molar-refractivity contribution is -0.123. The maximum Gasteiger partial charge on any atom is 0.233 e. The molecule has 1 aromatic heterocycles. The van der Waals surface area contributed by atoms with Gasteiger partial charge < -0.3 is 5.32 Å². The summed E-state index contributed by atoms with van der Waals surface area (Å²) < 4.78 is 0. The molecule has 0 saturated carbocycles. The van der Waals surface area contributed by atoms with Crippen LogP contribution in [0.4, 0.5) is 0 Å². The molecule has 22 heavy (non-hydrogen) atoms. The summed E-state index contributed by atoms with van der Waals surface area (Å²) in [6.07, 6.45) is 8.55. The normalized spacial score (nSPS) is 22.0. The van der Waals surface area contributed by atoms with Crippen LogP contribution in [0.15, 0.2) is 24.5 Å². The molecule has 0 radical (unpaired) electrons. The van der Waals surface area contributed by atoms with Crippen LogP contribution in [0.3, 0.4) is 0 Å². The van der Waals surface area contributed by atoms with Crippen molar-refractivity contribution in [1.29, 1.82) is 0 Å². The Morgan fingerprint density at radius 1 is 1.23 bits per heavy atom. The largest absolute Gasteiger partial charge is 0.358 e. The number of nitrogens with one attached hydrogen (secondary N) is 1. The van der Waals surface area contributed by atoms with Gasteiger partial charge in [0.1, 0.15) is 0 Å². The molecule has 5 heteroatoms. The Morgan fingerprint density at radius 2 is 1.95 bits per heavy atom. The molecule has 0 bridgehead atoms. The summed E-state index contributed by atoms with van der Waals surface area (Å²) in [6, 6.07) is 4.19. The molecule has 0 aliphatic carbocycles. The van der Waals surface area contributed by atoms with E-state index in [1.54, 1.807) is 7.05 Å². The molecule has 2 aliphatic rings. The molecule has 2 fully saturated rings. The van der Waals surface area contributed by atoms with Crippen LogP contribution < -0.4 is 5.32 Å². The van der Waals surface area contributed by atoms with Gasteiger partial charge in [0.05, 0.1) is 6.54 Å². The number of carbonyl (C=O) groups is 1. The van der Waals surface area contributed by atoms with Gasteiger partial charge in [-0.05, 0) is 49.9 Å². The summed E-state index contributed by atoms with van der Waals surface area (Å²) >= 11 is 0. The molecule has 1 N–H and O–H groups in total. The second-order valence-corrected chi connectivity index (χ2v) is 6.55. The molecule has 3 rings (SSSR count). The van der Waals surface area contributed by atoms with E-state index < -0.39 is 0 Å². The number of hydrogen-bond donors (Lipinski definition) is 1. The Morgan fingerprint density at radius 3 is 2.64 bits per heavy atom. The molecule has 120 valence electrons. The van der Waals surface area contributed by atoms with E-state index in [9.17, 15) is 4.79 Å². The monoisotopic (exact) mass is 302 g/mol. The fraction of sp³-hybridized carbons (Fsp3) is 0.647. The van der Waals surface area contributed by atoms with Crippen LogP contribution in [-0.2, 0) is 11.3 Å². The van der Waals surface area contributed by atoms with Gasteiger partial charge in [0.2, 0.25) is 5.91 Å². The van der Waals surface area contributed by atoms with Crippen molar-refractivity contribution < 1.29 is 4.79 Å². The van der Waals surface area contributed by atoms with Crippen LogP contribution in [0.1, 0.15) is 31.2 Å². The van der Waals surface area contributed by atoms with Crippen molar-refractivity contribution in [1.82, 2.24) is 20.1 Å². The topological polar surface area (TPSA) is 48.5 Å². The molecule has 1 spiro atoms. The molecular weight excluding hydrogens is 276 g/mol. The molecule has 0 aromatic carbocycles. The molecule has 0 atom stereocenters. The number of rotatable bonds is 4. The minimum Gasteiger partial charge on any atom is -0.358 e. The van der Waals surface area contributed by atoms with Crippen LogP contribution in [0.25, 0.3) is 0 Å². The third-order valence-corrected chi connectivity index (χ3v) is 5.30.